The van der Waals surface area contributed by atoms with Gasteiger partial charge in [-0.05, 0) is 50.5 Å². The molecular weight excluding hydrogens is 242 g/mol. The first-order chi connectivity index (χ1) is 9.04. The molecule has 1 aliphatic carbocycles. The van der Waals surface area contributed by atoms with Gasteiger partial charge >= 0.3 is 0 Å². The Morgan fingerprint density at radius 3 is 2.32 bits per heavy atom. The van der Waals surface area contributed by atoms with Crippen molar-refractivity contribution < 1.29 is 14.3 Å². The van der Waals surface area contributed by atoms with E-state index in [0.717, 1.165) is 19.3 Å². The third-order valence-electron chi connectivity index (χ3n) is 3.76. The van der Waals surface area contributed by atoms with Crippen LogP contribution in [0.25, 0.3) is 0 Å². The predicted molar refractivity (Wildman–Crippen MR) is 73.3 cm³/mol. The van der Waals surface area contributed by atoms with E-state index in [2.05, 4.69) is 5.32 Å². The van der Waals surface area contributed by atoms with E-state index in [1.807, 2.05) is 0 Å². The number of ketones is 1. The maximum absolute atomic E-state index is 11.9. The normalized spacial score (nSPS) is 16.5. The molecule has 19 heavy (non-hydrogen) atoms. The number of nitrogens with one attached hydrogen (secondary N) is 1. The van der Waals surface area contributed by atoms with Crippen molar-refractivity contribution >= 4 is 17.4 Å². The van der Waals surface area contributed by atoms with E-state index in [-0.39, 0.29) is 17.3 Å². The standard InChI is InChI=1S/C15H19NO3/c1-11(17)12-4-6-13(7-5-12)16-14(18)10-15(19-2)8-3-9-15/h4-7H,3,8-10H2,1-2H3,(H,16,18). The minimum atomic E-state index is -0.261. The van der Waals surface area contributed by atoms with Crippen molar-refractivity contribution in [2.75, 3.05) is 12.4 Å². The average molecular weight is 261 g/mol. The van der Waals surface area contributed by atoms with Crippen molar-refractivity contribution in [2.45, 2.75) is 38.2 Å². The van der Waals surface area contributed by atoms with Crippen LogP contribution in [0.4, 0.5) is 5.69 Å². The molecule has 2 rings (SSSR count). The lowest BCUT2D eigenvalue weighted by Gasteiger charge is -2.39. The number of methoxy groups -OCH3 is 1. The third kappa shape index (κ3) is 3.20. The fourth-order valence-corrected chi connectivity index (χ4v) is 2.31. The van der Waals surface area contributed by atoms with Crippen molar-refractivity contribution in [1.82, 2.24) is 0 Å². The molecule has 1 N–H and O–H groups in total. The van der Waals surface area contributed by atoms with Crippen LogP contribution in [-0.2, 0) is 9.53 Å². The van der Waals surface area contributed by atoms with Gasteiger partial charge in [0.2, 0.25) is 5.91 Å². The smallest absolute Gasteiger partial charge is 0.227 e. The highest BCUT2D eigenvalue weighted by atomic mass is 16.5. The van der Waals surface area contributed by atoms with Crippen LogP contribution in [0.1, 0.15) is 43.0 Å². The molecule has 1 amide bonds. The summed E-state index contributed by atoms with van der Waals surface area (Å²) < 4.78 is 5.43. The van der Waals surface area contributed by atoms with Gasteiger partial charge in [0, 0.05) is 18.4 Å². The quantitative estimate of drug-likeness (QED) is 0.829. The van der Waals surface area contributed by atoms with Crippen LogP contribution in [-0.4, -0.2) is 24.4 Å². The lowest BCUT2D eigenvalue weighted by molar-refractivity contribution is -0.129. The zero-order valence-corrected chi connectivity index (χ0v) is 11.4. The molecule has 1 saturated carbocycles. The largest absolute Gasteiger partial charge is 0.378 e. The number of amides is 1. The van der Waals surface area contributed by atoms with Gasteiger partial charge in [-0.25, -0.2) is 0 Å². The van der Waals surface area contributed by atoms with Gasteiger partial charge in [0.05, 0.1) is 12.0 Å². The number of carbonyl (C=O) groups is 2. The van der Waals surface area contributed by atoms with Crippen LogP contribution in [0.15, 0.2) is 24.3 Å². The molecule has 102 valence electrons. The van der Waals surface area contributed by atoms with Gasteiger partial charge in [0.15, 0.2) is 5.78 Å². The molecule has 0 heterocycles. The van der Waals surface area contributed by atoms with E-state index < -0.39 is 0 Å². The van der Waals surface area contributed by atoms with Crippen molar-refractivity contribution in [3.8, 4) is 0 Å². The summed E-state index contributed by atoms with van der Waals surface area (Å²) in [4.78, 5) is 23.1. The summed E-state index contributed by atoms with van der Waals surface area (Å²) in [5.74, 6) is -0.0252. The molecule has 0 atom stereocenters. The summed E-state index contributed by atoms with van der Waals surface area (Å²) in [5.41, 5.74) is 1.09. The van der Waals surface area contributed by atoms with E-state index >= 15 is 0 Å². The Balaban J connectivity index is 1.93. The Morgan fingerprint density at radius 1 is 1.26 bits per heavy atom. The maximum Gasteiger partial charge on any atom is 0.227 e. The van der Waals surface area contributed by atoms with Crippen LogP contribution in [0.3, 0.4) is 0 Å². The number of Topliss-reactive ketones (excluding diaryl/α,β-unsaturated/α-hetero) is 1. The van der Waals surface area contributed by atoms with E-state index in [0.29, 0.717) is 17.7 Å². The third-order valence-corrected chi connectivity index (χ3v) is 3.76. The number of hydrogen-bond donors (Lipinski definition) is 1. The molecule has 4 nitrogen and oxygen atoms in total. The molecule has 0 radical (unpaired) electrons. The molecule has 1 aromatic carbocycles. The first-order valence-corrected chi connectivity index (χ1v) is 6.51. The molecule has 1 aliphatic rings. The van der Waals surface area contributed by atoms with Crippen LogP contribution in [0, 0.1) is 0 Å². The molecule has 4 heteroatoms. The van der Waals surface area contributed by atoms with Gasteiger partial charge in [-0.3, -0.25) is 9.59 Å². The van der Waals surface area contributed by atoms with Gasteiger partial charge in [-0.15, -0.1) is 0 Å². The first kappa shape index (κ1) is 13.7. The lowest BCUT2D eigenvalue weighted by atomic mass is 9.77. The summed E-state index contributed by atoms with van der Waals surface area (Å²) in [6.45, 7) is 1.52. The number of carbonyl (C=O) groups excluding carboxylic acids is 2. The van der Waals surface area contributed by atoms with Crippen LogP contribution in [0.2, 0.25) is 0 Å². The highest BCUT2D eigenvalue weighted by molar-refractivity contribution is 5.95. The van der Waals surface area contributed by atoms with Crippen molar-refractivity contribution in [1.29, 1.82) is 0 Å². The fraction of sp³-hybridized carbons (Fsp3) is 0.467. The molecular formula is C15H19NO3. The van der Waals surface area contributed by atoms with E-state index in [1.54, 1.807) is 31.4 Å². The molecule has 0 aromatic heterocycles. The Kier molecular flexibility index (Phi) is 4.00. The van der Waals surface area contributed by atoms with Crippen molar-refractivity contribution in [2.24, 2.45) is 0 Å². The highest BCUT2D eigenvalue weighted by Crippen LogP contribution is 2.38. The molecule has 1 fully saturated rings. The minimum absolute atomic E-state index is 0.0191. The summed E-state index contributed by atoms with van der Waals surface area (Å²) in [7, 11) is 1.66. The number of benzene rings is 1. The zero-order chi connectivity index (χ0) is 13.9. The minimum Gasteiger partial charge on any atom is -0.378 e. The first-order valence-electron chi connectivity index (χ1n) is 6.51. The SMILES string of the molecule is COC1(CC(=O)Nc2ccc(C(C)=O)cc2)CCC1. The van der Waals surface area contributed by atoms with Gasteiger partial charge < -0.3 is 10.1 Å². The Labute approximate surface area is 113 Å². The Hall–Kier alpha value is -1.68. The summed E-state index contributed by atoms with van der Waals surface area (Å²) in [6.07, 6.45) is 3.40. The van der Waals surface area contributed by atoms with Gasteiger partial charge in [-0.2, -0.15) is 0 Å². The van der Waals surface area contributed by atoms with Crippen LogP contribution in [0.5, 0.6) is 0 Å². The average Bonchev–Trinajstić information content (AvgIpc) is 2.34. The van der Waals surface area contributed by atoms with Crippen LogP contribution >= 0.6 is 0 Å². The molecule has 0 spiro atoms. The fourth-order valence-electron chi connectivity index (χ4n) is 2.31. The number of anilines is 1. The number of hydrogen-bond acceptors (Lipinski definition) is 3. The van der Waals surface area contributed by atoms with Gasteiger partial charge in [-0.1, -0.05) is 0 Å². The molecule has 1 aromatic rings. The molecule has 0 aliphatic heterocycles. The second-order valence-electron chi connectivity index (χ2n) is 5.10. The second kappa shape index (κ2) is 5.53. The summed E-state index contributed by atoms with van der Waals surface area (Å²) in [5, 5.41) is 2.84. The predicted octanol–water partition coefficient (Wildman–Crippen LogP) is 2.79. The van der Waals surface area contributed by atoms with E-state index in [4.69, 9.17) is 4.74 Å². The highest BCUT2D eigenvalue weighted by Gasteiger charge is 2.38. The second-order valence-corrected chi connectivity index (χ2v) is 5.10. The summed E-state index contributed by atoms with van der Waals surface area (Å²) >= 11 is 0. The van der Waals surface area contributed by atoms with Gasteiger partial charge in [0.25, 0.3) is 0 Å². The number of rotatable bonds is 5. The van der Waals surface area contributed by atoms with E-state index in [9.17, 15) is 9.59 Å². The molecule has 0 bridgehead atoms. The van der Waals surface area contributed by atoms with E-state index in [1.165, 1.54) is 6.92 Å². The van der Waals surface area contributed by atoms with Crippen molar-refractivity contribution in [3.63, 3.8) is 0 Å². The maximum atomic E-state index is 11.9. The summed E-state index contributed by atoms with van der Waals surface area (Å²) in [6, 6.07) is 6.92. The van der Waals surface area contributed by atoms with Crippen LogP contribution < -0.4 is 5.32 Å². The monoisotopic (exact) mass is 261 g/mol. The van der Waals surface area contributed by atoms with Crippen molar-refractivity contribution in [3.05, 3.63) is 29.8 Å². The molecule has 0 saturated heterocycles. The lowest BCUT2D eigenvalue weighted by Crippen LogP contribution is -2.42. The molecule has 0 unspecified atom stereocenters. The zero-order valence-electron chi connectivity index (χ0n) is 11.4. The Morgan fingerprint density at radius 2 is 1.89 bits per heavy atom. The number of ether oxygens (including phenoxy) is 1. The Bertz CT molecular complexity index is 469. The topological polar surface area (TPSA) is 55.4 Å². The van der Waals surface area contributed by atoms with Gasteiger partial charge in [0.1, 0.15) is 0 Å².